The predicted octanol–water partition coefficient (Wildman–Crippen LogP) is 2.14. The van der Waals surface area contributed by atoms with Crippen molar-refractivity contribution in [3.63, 3.8) is 0 Å². The molecule has 0 unspecified atom stereocenters. The van der Waals surface area contributed by atoms with Crippen LogP contribution in [0.4, 0.5) is 0 Å². The molecule has 0 saturated carbocycles. The molecule has 0 aliphatic heterocycles. The van der Waals surface area contributed by atoms with Gasteiger partial charge >= 0.3 is 0 Å². The first-order valence-corrected chi connectivity index (χ1v) is 7.74. The molecule has 0 fully saturated rings. The minimum Gasteiger partial charge on any atom is -0.345 e. The second kappa shape index (κ2) is 6.48. The molecule has 0 saturated heterocycles. The standard InChI is InChI=1S/C18H14N6O/c25-17(15-7-6-13-4-1-2-5-14(13)10-15)21-11-16-22-12-23-24(16)18-19-8-3-9-20-18/h1-10,12H,11H2,(H,21,25). The van der Waals surface area contributed by atoms with Gasteiger partial charge in [-0.1, -0.05) is 30.3 Å². The van der Waals surface area contributed by atoms with Crippen LogP contribution < -0.4 is 5.32 Å². The minimum atomic E-state index is -0.172. The normalized spacial score (nSPS) is 10.7. The Hall–Kier alpha value is -3.61. The Morgan fingerprint density at radius 3 is 2.60 bits per heavy atom. The van der Waals surface area contributed by atoms with Crippen molar-refractivity contribution in [1.29, 1.82) is 0 Å². The zero-order valence-corrected chi connectivity index (χ0v) is 13.2. The minimum absolute atomic E-state index is 0.172. The summed E-state index contributed by atoms with van der Waals surface area (Å²) in [5.41, 5.74) is 0.598. The molecule has 4 rings (SSSR count). The first-order valence-electron chi connectivity index (χ1n) is 7.74. The fourth-order valence-electron chi connectivity index (χ4n) is 2.55. The van der Waals surface area contributed by atoms with E-state index in [9.17, 15) is 4.79 Å². The first kappa shape index (κ1) is 14.9. The average molecular weight is 330 g/mol. The molecule has 1 amide bonds. The van der Waals surface area contributed by atoms with E-state index in [4.69, 9.17) is 0 Å². The summed E-state index contributed by atoms with van der Waals surface area (Å²) in [4.78, 5) is 24.9. The lowest BCUT2D eigenvalue weighted by atomic mass is 10.1. The Balaban J connectivity index is 1.51. The lowest BCUT2D eigenvalue weighted by Gasteiger charge is -2.07. The molecule has 0 bridgehead atoms. The Morgan fingerprint density at radius 1 is 0.960 bits per heavy atom. The van der Waals surface area contributed by atoms with Crippen LogP contribution in [0.1, 0.15) is 16.2 Å². The van der Waals surface area contributed by atoms with Crippen molar-refractivity contribution in [3.8, 4) is 5.95 Å². The van der Waals surface area contributed by atoms with Crippen LogP contribution in [0.3, 0.4) is 0 Å². The second-order valence-electron chi connectivity index (χ2n) is 5.38. The summed E-state index contributed by atoms with van der Waals surface area (Å²) in [6.45, 7) is 0.226. The van der Waals surface area contributed by atoms with Crippen molar-refractivity contribution in [1.82, 2.24) is 30.0 Å². The van der Waals surface area contributed by atoms with Gasteiger partial charge < -0.3 is 5.32 Å². The molecule has 2 aromatic heterocycles. The highest BCUT2D eigenvalue weighted by Gasteiger charge is 2.11. The molecule has 122 valence electrons. The van der Waals surface area contributed by atoms with Crippen molar-refractivity contribution in [2.75, 3.05) is 0 Å². The summed E-state index contributed by atoms with van der Waals surface area (Å²) >= 11 is 0. The van der Waals surface area contributed by atoms with E-state index in [1.807, 2.05) is 42.5 Å². The number of hydrogen-bond acceptors (Lipinski definition) is 5. The van der Waals surface area contributed by atoms with Crippen LogP contribution in [0.15, 0.2) is 67.3 Å². The molecule has 25 heavy (non-hydrogen) atoms. The molecule has 7 nitrogen and oxygen atoms in total. The van der Waals surface area contributed by atoms with Gasteiger partial charge in [-0.25, -0.2) is 15.0 Å². The molecule has 0 aliphatic rings. The molecule has 7 heteroatoms. The smallest absolute Gasteiger partial charge is 0.252 e. The van der Waals surface area contributed by atoms with Crippen LogP contribution >= 0.6 is 0 Å². The van der Waals surface area contributed by atoms with Gasteiger partial charge in [0.1, 0.15) is 6.33 Å². The fraction of sp³-hybridized carbons (Fsp3) is 0.0556. The van der Waals surface area contributed by atoms with Crippen LogP contribution in [0.25, 0.3) is 16.7 Å². The largest absolute Gasteiger partial charge is 0.345 e. The Morgan fingerprint density at radius 2 is 1.76 bits per heavy atom. The quantitative estimate of drug-likeness (QED) is 0.619. The van der Waals surface area contributed by atoms with Crippen LogP contribution in [0, 0.1) is 0 Å². The Bertz CT molecular complexity index is 1030. The maximum atomic E-state index is 12.4. The number of aromatic nitrogens is 5. The van der Waals surface area contributed by atoms with Gasteiger partial charge in [0, 0.05) is 18.0 Å². The molecular formula is C18H14N6O. The fourth-order valence-corrected chi connectivity index (χ4v) is 2.55. The predicted molar refractivity (Wildman–Crippen MR) is 92.1 cm³/mol. The third kappa shape index (κ3) is 3.07. The topological polar surface area (TPSA) is 85.6 Å². The molecule has 0 aliphatic carbocycles. The summed E-state index contributed by atoms with van der Waals surface area (Å²) < 4.78 is 1.50. The van der Waals surface area contributed by atoms with E-state index in [0.29, 0.717) is 17.3 Å². The second-order valence-corrected chi connectivity index (χ2v) is 5.38. The molecule has 0 atom stereocenters. The van der Waals surface area contributed by atoms with E-state index in [2.05, 4.69) is 25.4 Å². The molecule has 0 radical (unpaired) electrons. The molecule has 0 spiro atoms. The summed E-state index contributed by atoms with van der Waals surface area (Å²) in [5, 5.41) is 9.09. The lowest BCUT2D eigenvalue weighted by molar-refractivity contribution is 0.0949. The number of carbonyl (C=O) groups is 1. The van der Waals surface area contributed by atoms with Crippen LogP contribution in [0.2, 0.25) is 0 Å². The van der Waals surface area contributed by atoms with E-state index in [0.717, 1.165) is 10.8 Å². The summed E-state index contributed by atoms with van der Waals surface area (Å²) in [6, 6.07) is 15.3. The maximum absolute atomic E-state index is 12.4. The molecule has 4 aromatic rings. The van der Waals surface area contributed by atoms with Gasteiger partial charge in [-0.2, -0.15) is 9.78 Å². The highest BCUT2D eigenvalue weighted by atomic mass is 16.1. The van der Waals surface area contributed by atoms with Crippen molar-refractivity contribution in [3.05, 3.63) is 78.6 Å². The number of nitrogens with zero attached hydrogens (tertiary/aromatic N) is 5. The molecular weight excluding hydrogens is 316 g/mol. The third-order valence-electron chi connectivity index (χ3n) is 3.78. The molecule has 2 aromatic carbocycles. The SMILES string of the molecule is O=C(NCc1ncnn1-c1ncccn1)c1ccc2ccccc2c1. The summed E-state index contributed by atoms with van der Waals surface area (Å²) in [5.74, 6) is 0.796. The van der Waals surface area contributed by atoms with Gasteiger partial charge in [0.05, 0.1) is 6.54 Å². The monoisotopic (exact) mass is 330 g/mol. The van der Waals surface area contributed by atoms with Gasteiger partial charge in [0.15, 0.2) is 5.82 Å². The van der Waals surface area contributed by atoms with Crippen molar-refractivity contribution >= 4 is 16.7 Å². The first-order chi connectivity index (χ1) is 12.3. The van der Waals surface area contributed by atoms with Crippen LogP contribution in [-0.4, -0.2) is 30.6 Å². The molecule has 2 heterocycles. The zero-order valence-electron chi connectivity index (χ0n) is 13.2. The summed E-state index contributed by atoms with van der Waals surface area (Å²) in [7, 11) is 0. The number of nitrogens with one attached hydrogen (secondary N) is 1. The van der Waals surface area contributed by atoms with Crippen LogP contribution in [-0.2, 0) is 6.54 Å². The van der Waals surface area contributed by atoms with Gasteiger partial charge in [0.2, 0.25) is 0 Å². The Labute approximate surface area is 143 Å². The number of rotatable bonds is 4. The molecule has 1 N–H and O–H groups in total. The highest BCUT2D eigenvalue weighted by Crippen LogP contribution is 2.15. The number of hydrogen-bond donors (Lipinski definition) is 1. The number of fused-ring (bicyclic) bond motifs is 1. The van der Waals surface area contributed by atoms with Crippen LogP contribution in [0.5, 0.6) is 0 Å². The van der Waals surface area contributed by atoms with E-state index in [1.165, 1.54) is 11.0 Å². The van der Waals surface area contributed by atoms with Gasteiger partial charge in [-0.15, -0.1) is 0 Å². The number of benzene rings is 2. The van der Waals surface area contributed by atoms with Gasteiger partial charge in [-0.3, -0.25) is 4.79 Å². The average Bonchev–Trinajstić information content (AvgIpc) is 3.15. The number of amides is 1. The van der Waals surface area contributed by atoms with E-state index in [1.54, 1.807) is 18.5 Å². The highest BCUT2D eigenvalue weighted by molar-refractivity contribution is 5.98. The zero-order chi connectivity index (χ0) is 17.1. The number of carbonyl (C=O) groups excluding carboxylic acids is 1. The van der Waals surface area contributed by atoms with Crippen molar-refractivity contribution < 1.29 is 4.79 Å². The van der Waals surface area contributed by atoms with Gasteiger partial charge in [-0.05, 0) is 29.0 Å². The van der Waals surface area contributed by atoms with Crippen molar-refractivity contribution in [2.24, 2.45) is 0 Å². The lowest BCUT2D eigenvalue weighted by Crippen LogP contribution is -2.25. The van der Waals surface area contributed by atoms with E-state index < -0.39 is 0 Å². The Kier molecular flexibility index (Phi) is 3.88. The third-order valence-corrected chi connectivity index (χ3v) is 3.78. The van der Waals surface area contributed by atoms with Crippen molar-refractivity contribution in [2.45, 2.75) is 6.54 Å². The van der Waals surface area contributed by atoms with Gasteiger partial charge in [0.25, 0.3) is 11.9 Å². The van der Waals surface area contributed by atoms with E-state index >= 15 is 0 Å². The summed E-state index contributed by atoms with van der Waals surface area (Å²) in [6.07, 6.45) is 4.66. The van der Waals surface area contributed by atoms with E-state index in [-0.39, 0.29) is 12.5 Å². The maximum Gasteiger partial charge on any atom is 0.252 e.